The Morgan fingerprint density at radius 3 is 2.71 bits per heavy atom. The van der Waals surface area contributed by atoms with E-state index in [0.717, 1.165) is 18.6 Å². The van der Waals surface area contributed by atoms with Crippen molar-refractivity contribution in [2.75, 3.05) is 33.4 Å². The first-order chi connectivity index (χ1) is 10.3. The van der Waals surface area contributed by atoms with E-state index in [0.29, 0.717) is 26.3 Å². The summed E-state index contributed by atoms with van der Waals surface area (Å²) in [5, 5.41) is 5.46. The molecule has 1 aromatic rings. The van der Waals surface area contributed by atoms with Crippen LogP contribution in [-0.4, -0.2) is 39.4 Å². The highest BCUT2D eigenvalue weighted by Gasteiger charge is 2.13. The Hall–Kier alpha value is -1.75. The zero-order valence-electron chi connectivity index (χ0n) is 12.6. The maximum atomic E-state index is 11.4. The lowest BCUT2D eigenvalue weighted by atomic mass is 9.91. The molecule has 0 heterocycles. The summed E-state index contributed by atoms with van der Waals surface area (Å²) >= 11 is 0. The van der Waals surface area contributed by atoms with Gasteiger partial charge in [0.1, 0.15) is 12.4 Å². The number of carbonyl (C=O) groups excluding carboxylic acids is 1. The Morgan fingerprint density at radius 2 is 1.90 bits per heavy atom. The molecular formula is C16H24N2O3. The number of rotatable bonds is 7. The Bertz CT molecular complexity index is 463. The normalized spacial score (nSPS) is 13.4. The molecule has 5 nitrogen and oxygen atoms in total. The molecule has 0 fully saturated rings. The van der Waals surface area contributed by atoms with Crippen LogP contribution in [0.5, 0.6) is 5.75 Å². The van der Waals surface area contributed by atoms with Crippen molar-refractivity contribution in [3.05, 3.63) is 29.3 Å². The van der Waals surface area contributed by atoms with E-state index in [1.165, 1.54) is 24.0 Å². The van der Waals surface area contributed by atoms with Gasteiger partial charge in [0, 0.05) is 13.7 Å². The fourth-order valence-electron chi connectivity index (χ4n) is 2.54. The van der Waals surface area contributed by atoms with Crippen LogP contribution in [0.2, 0.25) is 0 Å². The average molecular weight is 292 g/mol. The van der Waals surface area contributed by atoms with Crippen LogP contribution in [0, 0.1) is 0 Å². The molecule has 0 saturated heterocycles. The quantitative estimate of drug-likeness (QED) is 0.755. The van der Waals surface area contributed by atoms with E-state index >= 15 is 0 Å². The first kappa shape index (κ1) is 15.6. The summed E-state index contributed by atoms with van der Waals surface area (Å²) in [6.07, 6.45) is 4.73. The third-order valence-corrected chi connectivity index (χ3v) is 3.59. The van der Waals surface area contributed by atoms with Gasteiger partial charge in [-0.15, -0.1) is 0 Å². The van der Waals surface area contributed by atoms with Crippen molar-refractivity contribution in [3.63, 3.8) is 0 Å². The molecule has 5 heteroatoms. The molecular weight excluding hydrogens is 268 g/mol. The smallest absolute Gasteiger partial charge is 0.314 e. The minimum atomic E-state index is -0.189. The fourth-order valence-corrected chi connectivity index (χ4v) is 2.54. The number of ether oxygens (including phenoxy) is 2. The van der Waals surface area contributed by atoms with E-state index < -0.39 is 0 Å². The first-order valence-electron chi connectivity index (χ1n) is 7.55. The molecule has 0 aromatic heterocycles. The number of nitrogens with one attached hydrogen (secondary N) is 2. The van der Waals surface area contributed by atoms with Gasteiger partial charge < -0.3 is 20.1 Å². The Morgan fingerprint density at radius 1 is 1.14 bits per heavy atom. The second-order valence-corrected chi connectivity index (χ2v) is 5.12. The molecule has 116 valence electrons. The number of carbonyl (C=O) groups is 1. The van der Waals surface area contributed by atoms with E-state index in [1.807, 2.05) is 12.1 Å². The summed E-state index contributed by atoms with van der Waals surface area (Å²) in [4.78, 5) is 11.4. The summed E-state index contributed by atoms with van der Waals surface area (Å²) < 4.78 is 10.7. The van der Waals surface area contributed by atoms with Gasteiger partial charge in [-0.25, -0.2) is 4.79 Å². The lowest BCUT2D eigenvalue weighted by Gasteiger charge is -2.19. The third kappa shape index (κ3) is 4.93. The average Bonchev–Trinajstić information content (AvgIpc) is 2.52. The predicted molar refractivity (Wildman–Crippen MR) is 81.9 cm³/mol. The Kier molecular flexibility index (Phi) is 6.34. The maximum Gasteiger partial charge on any atom is 0.314 e. The lowest BCUT2D eigenvalue weighted by molar-refractivity contribution is 0.195. The number of benzene rings is 1. The van der Waals surface area contributed by atoms with Crippen LogP contribution in [0.25, 0.3) is 0 Å². The fraction of sp³-hybridized carbons (Fsp3) is 0.562. The van der Waals surface area contributed by atoms with Gasteiger partial charge in [0.05, 0.1) is 13.2 Å². The second kappa shape index (κ2) is 8.52. The molecule has 0 radical (unpaired) electrons. The maximum absolute atomic E-state index is 11.4. The molecule has 2 amide bonds. The highest BCUT2D eigenvalue weighted by atomic mass is 16.5. The first-order valence-corrected chi connectivity index (χ1v) is 7.55. The molecule has 2 N–H and O–H groups in total. The van der Waals surface area contributed by atoms with Crippen LogP contribution in [0.1, 0.15) is 24.0 Å². The van der Waals surface area contributed by atoms with Crippen LogP contribution >= 0.6 is 0 Å². The van der Waals surface area contributed by atoms with Gasteiger partial charge in [-0.3, -0.25) is 0 Å². The third-order valence-electron chi connectivity index (χ3n) is 3.59. The Balaban J connectivity index is 1.70. The topological polar surface area (TPSA) is 59.6 Å². The van der Waals surface area contributed by atoms with Crippen molar-refractivity contribution in [1.82, 2.24) is 10.6 Å². The van der Waals surface area contributed by atoms with E-state index in [1.54, 1.807) is 7.11 Å². The predicted octanol–water partition coefficient (Wildman–Crippen LogP) is 1.89. The van der Waals surface area contributed by atoms with Crippen molar-refractivity contribution >= 4 is 6.03 Å². The zero-order chi connectivity index (χ0) is 14.9. The number of hydrogen-bond donors (Lipinski definition) is 2. The monoisotopic (exact) mass is 292 g/mol. The highest BCUT2D eigenvalue weighted by Crippen LogP contribution is 2.29. The molecule has 1 aliphatic carbocycles. The van der Waals surface area contributed by atoms with Crippen LogP contribution < -0.4 is 15.4 Å². The van der Waals surface area contributed by atoms with Gasteiger partial charge in [-0.1, -0.05) is 12.1 Å². The number of methoxy groups -OCH3 is 1. The minimum absolute atomic E-state index is 0.189. The number of aryl methyl sites for hydroxylation is 1. The number of hydrogen-bond acceptors (Lipinski definition) is 3. The molecule has 0 unspecified atom stereocenters. The minimum Gasteiger partial charge on any atom is -0.491 e. The van der Waals surface area contributed by atoms with Gasteiger partial charge in [0.2, 0.25) is 0 Å². The van der Waals surface area contributed by atoms with Crippen LogP contribution in [0.4, 0.5) is 4.79 Å². The van der Waals surface area contributed by atoms with Crippen molar-refractivity contribution < 1.29 is 14.3 Å². The summed E-state index contributed by atoms with van der Waals surface area (Å²) in [5.74, 6) is 0.966. The highest BCUT2D eigenvalue weighted by molar-refractivity contribution is 5.73. The molecule has 1 aliphatic rings. The zero-order valence-corrected chi connectivity index (χ0v) is 12.6. The molecule has 0 aliphatic heterocycles. The molecule has 2 rings (SSSR count). The molecule has 0 atom stereocenters. The van der Waals surface area contributed by atoms with Gasteiger partial charge in [0.25, 0.3) is 0 Å². The summed E-state index contributed by atoms with van der Waals surface area (Å²) in [6, 6.07) is 6.06. The van der Waals surface area contributed by atoms with Crippen LogP contribution in [0.15, 0.2) is 18.2 Å². The molecule has 0 saturated carbocycles. The van der Waals surface area contributed by atoms with Crippen molar-refractivity contribution in [2.45, 2.75) is 25.7 Å². The van der Waals surface area contributed by atoms with E-state index in [2.05, 4.69) is 16.7 Å². The lowest BCUT2D eigenvalue weighted by Crippen LogP contribution is -2.39. The van der Waals surface area contributed by atoms with Gasteiger partial charge in [-0.05, 0) is 42.9 Å². The van der Waals surface area contributed by atoms with E-state index in [-0.39, 0.29) is 6.03 Å². The number of fused-ring (bicyclic) bond motifs is 1. The largest absolute Gasteiger partial charge is 0.491 e. The molecule has 1 aromatic carbocycles. The van der Waals surface area contributed by atoms with Crippen LogP contribution in [0.3, 0.4) is 0 Å². The summed E-state index contributed by atoms with van der Waals surface area (Å²) in [5.41, 5.74) is 2.75. The standard InChI is InChI=1S/C16H24N2O3/c1-20-11-9-17-16(19)18-10-12-21-15-8-4-6-13-5-2-3-7-14(13)15/h4,6,8H,2-3,5,7,9-12H2,1H3,(H2,17,18,19). The van der Waals surface area contributed by atoms with Crippen molar-refractivity contribution in [2.24, 2.45) is 0 Å². The Labute approximate surface area is 126 Å². The number of amides is 2. The van der Waals surface area contributed by atoms with Crippen LogP contribution in [-0.2, 0) is 17.6 Å². The van der Waals surface area contributed by atoms with Crippen molar-refractivity contribution in [3.8, 4) is 5.75 Å². The number of urea groups is 1. The van der Waals surface area contributed by atoms with Gasteiger partial charge in [-0.2, -0.15) is 0 Å². The SMILES string of the molecule is COCCNC(=O)NCCOc1cccc2c1CCCC2. The molecule has 0 spiro atoms. The molecule has 0 bridgehead atoms. The second-order valence-electron chi connectivity index (χ2n) is 5.12. The molecule has 21 heavy (non-hydrogen) atoms. The van der Waals surface area contributed by atoms with Gasteiger partial charge in [0.15, 0.2) is 0 Å². The van der Waals surface area contributed by atoms with E-state index in [4.69, 9.17) is 9.47 Å². The summed E-state index contributed by atoms with van der Waals surface area (Å²) in [6.45, 7) is 1.99. The summed E-state index contributed by atoms with van der Waals surface area (Å²) in [7, 11) is 1.61. The van der Waals surface area contributed by atoms with Crippen molar-refractivity contribution in [1.29, 1.82) is 0 Å². The van der Waals surface area contributed by atoms with Gasteiger partial charge >= 0.3 is 6.03 Å². The van der Waals surface area contributed by atoms with E-state index in [9.17, 15) is 4.79 Å².